The predicted molar refractivity (Wildman–Crippen MR) is 140 cm³/mol. The van der Waals surface area contributed by atoms with Gasteiger partial charge in [-0.05, 0) is 43.5 Å². The van der Waals surface area contributed by atoms with Gasteiger partial charge in [0.2, 0.25) is 5.88 Å². The first kappa shape index (κ1) is 26.6. The number of rotatable bonds is 7. The minimum Gasteiger partial charge on any atom is -0.437 e. The van der Waals surface area contributed by atoms with Gasteiger partial charge in [0.1, 0.15) is 22.0 Å². The molecule has 14 heteroatoms. The third-order valence-corrected chi connectivity index (χ3v) is 7.20. The first-order chi connectivity index (χ1) is 18.7. The first-order valence-electron chi connectivity index (χ1n) is 12.1. The van der Waals surface area contributed by atoms with E-state index in [4.69, 9.17) is 10.5 Å². The summed E-state index contributed by atoms with van der Waals surface area (Å²) < 4.78 is 51.1. The van der Waals surface area contributed by atoms with Crippen LogP contribution in [0.25, 0.3) is 10.6 Å². The lowest BCUT2D eigenvalue weighted by Gasteiger charge is -2.37. The van der Waals surface area contributed by atoms with Gasteiger partial charge >= 0.3 is 6.18 Å². The summed E-state index contributed by atoms with van der Waals surface area (Å²) in [5, 5.41) is 16.3. The molecule has 0 spiro atoms. The molecule has 1 saturated heterocycles. The Morgan fingerprint density at radius 2 is 2.10 bits per heavy atom. The maximum Gasteiger partial charge on any atom is 0.422 e. The van der Waals surface area contributed by atoms with E-state index in [1.54, 1.807) is 29.6 Å². The Labute approximate surface area is 225 Å². The van der Waals surface area contributed by atoms with Crippen molar-refractivity contribution in [2.75, 3.05) is 29.9 Å². The van der Waals surface area contributed by atoms with Crippen LogP contribution < -0.4 is 20.7 Å². The smallest absolute Gasteiger partial charge is 0.422 e. The van der Waals surface area contributed by atoms with Crippen LogP contribution in [0.3, 0.4) is 0 Å². The normalized spacial score (nSPS) is 15.8. The highest BCUT2D eigenvalue weighted by atomic mass is 32.1. The van der Waals surface area contributed by atoms with Crippen LogP contribution in [0.5, 0.6) is 11.6 Å². The monoisotopic (exact) mass is 558 g/mol. The van der Waals surface area contributed by atoms with Crippen LogP contribution in [0.2, 0.25) is 0 Å². The number of anilines is 2. The number of amides is 1. The third-order valence-electron chi connectivity index (χ3n) is 6.31. The molecule has 4 aromatic rings. The molecule has 5 rings (SSSR count). The molecule has 0 radical (unpaired) electrons. The molecule has 4 heterocycles. The molecule has 1 aromatic carbocycles. The quantitative estimate of drug-likeness (QED) is 0.338. The minimum atomic E-state index is -4.79. The Hall–Kier alpha value is -4.04. The molecule has 10 nitrogen and oxygen atoms in total. The van der Waals surface area contributed by atoms with Gasteiger partial charge < -0.3 is 20.7 Å². The van der Waals surface area contributed by atoms with Crippen LogP contribution in [0.15, 0.2) is 48.2 Å². The highest BCUT2D eigenvalue weighted by molar-refractivity contribution is 7.13. The Balaban J connectivity index is 1.55. The highest BCUT2D eigenvalue weighted by Crippen LogP contribution is 2.48. The van der Waals surface area contributed by atoms with E-state index < -0.39 is 23.4 Å². The molecule has 1 aliphatic rings. The van der Waals surface area contributed by atoms with Gasteiger partial charge in [0, 0.05) is 43.3 Å². The van der Waals surface area contributed by atoms with Gasteiger partial charge in [-0.3, -0.25) is 9.48 Å². The second-order valence-corrected chi connectivity index (χ2v) is 9.93. The number of ether oxygens (including phenoxy) is 1. The summed E-state index contributed by atoms with van der Waals surface area (Å²) in [4.78, 5) is 19.2. The van der Waals surface area contributed by atoms with Crippen LogP contribution in [0, 0.1) is 5.92 Å². The SMILES string of the molecule is Cn1ccc(Oc2ccc(NC(=O)c3csc(-c4ccnnc4)n3)c(N3CCC[C@@H](CN)C3)c2C(F)(F)F)n1. The van der Waals surface area contributed by atoms with Crippen LogP contribution in [-0.2, 0) is 13.2 Å². The van der Waals surface area contributed by atoms with Crippen molar-refractivity contribution < 1.29 is 22.7 Å². The molecule has 0 unspecified atom stereocenters. The maximum absolute atomic E-state index is 14.7. The number of nitrogens with zero attached hydrogens (tertiary/aromatic N) is 6. The number of hydrogen-bond donors (Lipinski definition) is 2. The highest BCUT2D eigenvalue weighted by Gasteiger charge is 2.41. The van der Waals surface area contributed by atoms with E-state index in [2.05, 4.69) is 25.6 Å². The Morgan fingerprint density at radius 3 is 2.79 bits per heavy atom. The van der Waals surface area contributed by atoms with Crippen LogP contribution in [-0.4, -0.2) is 50.5 Å². The summed E-state index contributed by atoms with van der Waals surface area (Å²) >= 11 is 1.22. The number of hydrogen-bond acceptors (Lipinski definition) is 9. The van der Waals surface area contributed by atoms with Gasteiger partial charge in [-0.25, -0.2) is 4.98 Å². The molecular formula is C25H25F3N8O2S. The van der Waals surface area contributed by atoms with Crippen molar-refractivity contribution in [1.29, 1.82) is 0 Å². The van der Waals surface area contributed by atoms with Gasteiger partial charge in [0.25, 0.3) is 5.91 Å². The van der Waals surface area contributed by atoms with Crippen LogP contribution in [0.1, 0.15) is 28.9 Å². The van der Waals surface area contributed by atoms with Crippen molar-refractivity contribution in [1.82, 2.24) is 25.0 Å². The number of nitrogens with two attached hydrogens (primary N) is 1. The molecule has 3 N–H and O–H groups in total. The standard InChI is InChI=1S/C25H25F3N8O2S/c1-35-10-7-20(34-35)38-19-5-4-17(22(21(19)25(26,27)28)36-9-2-3-15(11-29)13-36)32-23(37)18-14-39-24(33-18)16-6-8-30-31-12-16/h4-8,10,12,14-15H,2-3,9,11,13,29H2,1H3,(H,32,37)/t15-/m0/s1. The maximum atomic E-state index is 14.7. The number of carbonyl (C=O) groups excluding carboxylic acids is 1. The lowest BCUT2D eigenvalue weighted by atomic mass is 9.96. The summed E-state index contributed by atoms with van der Waals surface area (Å²) in [5.74, 6) is -1.02. The molecule has 1 fully saturated rings. The summed E-state index contributed by atoms with van der Waals surface area (Å²) in [6, 6.07) is 5.77. The van der Waals surface area contributed by atoms with Crippen LogP contribution >= 0.6 is 11.3 Å². The fourth-order valence-electron chi connectivity index (χ4n) is 4.50. The minimum absolute atomic E-state index is 0.00139. The van der Waals surface area contributed by atoms with E-state index in [1.165, 1.54) is 46.6 Å². The van der Waals surface area contributed by atoms with E-state index in [0.717, 1.165) is 6.42 Å². The predicted octanol–water partition coefficient (Wildman–Crippen LogP) is 4.57. The summed E-state index contributed by atoms with van der Waals surface area (Å²) in [6.07, 6.45) is 1.26. The molecule has 0 aliphatic carbocycles. The van der Waals surface area contributed by atoms with Crippen molar-refractivity contribution in [2.24, 2.45) is 18.7 Å². The Morgan fingerprint density at radius 1 is 1.26 bits per heavy atom. The largest absolute Gasteiger partial charge is 0.437 e. The number of carbonyl (C=O) groups is 1. The van der Waals surface area contributed by atoms with E-state index in [1.807, 2.05) is 0 Å². The van der Waals surface area contributed by atoms with Crippen molar-refractivity contribution in [3.8, 4) is 22.2 Å². The van der Waals surface area contributed by atoms with E-state index in [-0.39, 0.29) is 28.9 Å². The van der Waals surface area contributed by atoms with E-state index in [9.17, 15) is 18.0 Å². The molecule has 0 saturated carbocycles. The molecule has 3 aromatic heterocycles. The molecule has 0 bridgehead atoms. The van der Waals surface area contributed by atoms with Gasteiger partial charge in [0.05, 0.1) is 23.8 Å². The third kappa shape index (κ3) is 5.86. The van der Waals surface area contributed by atoms with E-state index in [0.29, 0.717) is 36.6 Å². The van der Waals surface area contributed by atoms with Crippen molar-refractivity contribution in [3.05, 3.63) is 59.5 Å². The Kier molecular flexibility index (Phi) is 7.48. The van der Waals surface area contributed by atoms with Crippen molar-refractivity contribution in [2.45, 2.75) is 19.0 Å². The average molecular weight is 559 g/mol. The lowest BCUT2D eigenvalue weighted by Crippen LogP contribution is -2.40. The summed E-state index contributed by atoms with van der Waals surface area (Å²) in [7, 11) is 1.64. The summed E-state index contributed by atoms with van der Waals surface area (Å²) in [6.45, 7) is 1.02. The number of halogens is 3. The second-order valence-electron chi connectivity index (χ2n) is 9.08. The number of alkyl halides is 3. The topological polar surface area (TPSA) is 124 Å². The summed E-state index contributed by atoms with van der Waals surface area (Å²) in [5.41, 5.74) is 5.45. The fraction of sp³-hybridized carbons (Fsp3) is 0.320. The number of nitrogens with one attached hydrogen (secondary N) is 1. The zero-order valence-electron chi connectivity index (χ0n) is 20.9. The molecule has 1 aliphatic heterocycles. The number of aryl methyl sites for hydroxylation is 1. The van der Waals surface area contributed by atoms with Gasteiger partial charge in [-0.1, -0.05) is 0 Å². The molecule has 204 valence electrons. The molecular weight excluding hydrogens is 533 g/mol. The zero-order valence-corrected chi connectivity index (χ0v) is 21.7. The van der Waals surface area contributed by atoms with Crippen molar-refractivity contribution in [3.63, 3.8) is 0 Å². The first-order valence-corrected chi connectivity index (χ1v) is 13.0. The van der Waals surface area contributed by atoms with Gasteiger partial charge in [-0.2, -0.15) is 23.4 Å². The zero-order chi connectivity index (χ0) is 27.6. The van der Waals surface area contributed by atoms with Gasteiger partial charge in [-0.15, -0.1) is 16.4 Å². The number of thiazole rings is 1. The average Bonchev–Trinajstić information content (AvgIpc) is 3.58. The Bertz CT molecular complexity index is 1460. The molecule has 1 atom stereocenters. The second kappa shape index (κ2) is 11.0. The van der Waals surface area contributed by atoms with Crippen molar-refractivity contribution >= 4 is 28.6 Å². The molecule has 39 heavy (non-hydrogen) atoms. The number of benzene rings is 1. The fourth-order valence-corrected chi connectivity index (χ4v) is 5.29. The lowest BCUT2D eigenvalue weighted by molar-refractivity contribution is -0.138. The number of aromatic nitrogens is 5. The number of piperidine rings is 1. The van der Waals surface area contributed by atoms with Gasteiger partial charge in [0.15, 0.2) is 0 Å². The van der Waals surface area contributed by atoms with Crippen LogP contribution in [0.4, 0.5) is 24.5 Å². The molecule has 1 amide bonds. The van der Waals surface area contributed by atoms with E-state index >= 15 is 0 Å².